The standard InChI is InChI=1S/C19H31FN2O.C2H6/c1-7-10-11-22(6,9-3)17(8-2)19(23)21-18-14(4)12-16(20)13-15(18)5;1-2/h12-13,17H,7-11H2,1-6H3;1-2H3/p+1. The number of quaternary nitrogens is 1. The minimum Gasteiger partial charge on any atom is -0.320 e. The molecule has 0 fully saturated rings. The van der Waals surface area contributed by atoms with Gasteiger partial charge < -0.3 is 9.80 Å². The Bertz CT molecular complexity index is 522. The second kappa shape index (κ2) is 11.2. The van der Waals surface area contributed by atoms with Crippen molar-refractivity contribution in [1.29, 1.82) is 0 Å². The Morgan fingerprint density at radius 1 is 1.16 bits per heavy atom. The quantitative estimate of drug-likeness (QED) is 0.618. The van der Waals surface area contributed by atoms with Crippen molar-refractivity contribution < 1.29 is 13.7 Å². The van der Waals surface area contributed by atoms with Crippen LogP contribution in [-0.4, -0.2) is 36.6 Å². The molecule has 1 rings (SSSR count). The molecule has 0 heterocycles. The summed E-state index contributed by atoms with van der Waals surface area (Å²) in [6, 6.07) is 2.85. The number of unbranched alkanes of at least 4 members (excludes halogenated alkanes) is 1. The molecule has 0 aromatic heterocycles. The molecule has 4 heteroatoms. The van der Waals surface area contributed by atoms with Gasteiger partial charge >= 0.3 is 0 Å². The summed E-state index contributed by atoms with van der Waals surface area (Å²) in [5, 5.41) is 3.05. The third kappa shape index (κ3) is 6.43. The van der Waals surface area contributed by atoms with E-state index in [4.69, 9.17) is 0 Å². The van der Waals surface area contributed by atoms with Gasteiger partial charge in [-0.1, -0.05) is 34.1 Å². The highest BCUT2D eigenvalue weighted by Crippen LogP contribution is 2.24. The number of nitrogens with zero attached hydrogens (tertiary/aromatic N) is 1. The van der Waals surface area contributed by atoms with E-state index in [1.165, 1.54) is 12.1 Å². The second-order valence-electron chi connectivity index (χ2n) is 6.70. The van der Waals surface area contributed by atoms with Crippen LogP contribution in [0.3, 0.4) is 0 Å². The van der Waals surface area contributed by atoms with E-state index < -0.39 is 0 Å². The summed E-state index contributed by atoms with van der Waals surface area (Å²) in [6.07, 6.45) is 3.03. The molecule has 1 aromatic rings. The zero-order valence-corrected chi connectivity index (χ0v) is 17.5. The van der Waals surface area contributed by atoms with E-state index in [1.54, 1.807) is 0 Å². The fraction of sp³-hybridized carbons (Fsp3) is 0.667. The SMILES string of the molecule is CC.CCCC[N+](C)(CC)C(CC)C(=O)Nc1c(C)cc(F)cc1C. The van der Waals surface area contributed by atoms with Crippen LogP contribution in [-0.2, 0) is 4.79 Å². The van der Waals surface area contributed by atoms with Gasteiger partial charge in [0.2, 0.25) is 0 Å². The summed E-state index contributed by atoms with van der Waals surface area (Å²) in [6.45, 7) is 16.0. The van der Waals surface area contributed by atoms with E-state index in [0.717, 1.165) is 53.6 Å². The highest BCUT2D eigenvalue weighted by Gasteiger charge is 2.35. The summed E-state index contributed by atoms with van der Waals surface area (Å²) in [4.78, 5) is 12.9. The number of nitrogens with one attached hydrogen (secondary N) is 1. The summed E-state index contributed by atoms with van der Waals surface area (Å²) in [5.41, 5.74) is 2.28. The first-order chi connectivity index (χ1) is 11.8. The van der Waals surface area contributed by atoms with Gasteiger partial charge in [0, 0.05) is 12.1 Å². The van der Waals surface area contributed by atoms with E-state index in [9.17, 15) is 9.18 Å². The molecule has 2 atom stereocenters. The molecule has 144 valence electrons. The van der Waals surface area contributed by atoms with Gasteiger partial charge in [0.15, 0.2) is 6.04 Å². The predicted molar refractivity (Wildman–Crippen MR) is 106 cm³/mol. The van der Waals surface area contributed by atoms with Crippen molar-refractivity contribution in [3.05, 3.63) is 29.1 Å². The van der Waals surface area contributed by atoms with Crippen molar-refractivity contribution in [1.82, 2.24) is 0 Å². The summed E-state index contributed by atoms with van der Waals surface area (Å²) >= 11 is 0. The number of halogens is 1. The first kappa shape index (κ1) is 23.6. The topological polar surface area (TPSA) is 29.1 Å². The molecule has 0 saturated heterocycles. The summed E-state index contributed by atoms with van der Waals surface area (Å²) in [7, 11) is 2.16. The minimum atomic E-state index is -0.262. The van der Waals surface area contributed by atoms with Gasteiger partial charge in [0.25, 0.3) is 5.91 Å². The number of carbonyl (C=O) groups is 1. The molecule has 0 radical (unpaired) electrons. The van der Waals surface area contributed by atoms with Crippen molar-refractivity contribution in [3.8, 4) is 0 Å². The molecule has 0 aliphatic rings. The molecule has 0 aliphatic heterocycles. The molecular formula is C21H38FN2O+. The van der Waals surface area contributed by atoms with E-state index >= 15 is 0 Å². The second-order valence-corrected chi connectivity index (χ2v) is 6.70. The van der Waals surface area contributed by atoms with E-state index in [0.29, 0.717) is 0 Å². The third-order valence-electron chi connectivity index (χ3n) is 4.93. The van der Waals surface area contributed by atoms with Crippen LogP contribution >= 0.6 is 0 Å². The highest BCUT2D eigenvalue weighted by atomic mass is 19.1. The van der Waals surface area contributed by atoms with Crippen LogP contribution in [0.25, 0.3) is 0 Å². The van der Waals surface area contributed by atoms with Crippen LogP contribution in [0, 0.1) is 19.7 Å². The summed E-state index contributed by atoms with van der Waals surface area (Å²) < 4.78 is 14.2. The molecule has 2 unspecified atom stereocenters. The lowest BCUT2D eigenvalue weighted by atomic mass is 10.1. The van der Waals surface area contributed by atoms with E-state index in [-0.39, 0.29) is 17.8 Å². The Hall–Kier alpha value is -1.42. The monoisotopic (exact) mass is 353 g/mol. The van der Waals surface area contributed by atoms with E-state index in [2.05, 4.69) is 33.1 Å². The zero-order chi connectivity index (χ0) is 19.6. The number of anilines is 1. The molecule has 0 aliphatic carbocycles. The number of amides is 1. The van der Waals surface area contributed by atoms with Gasteiger partial charge in [0.05, 0.1) is 20.1 Å². The van der Waals surface area contributed by atoms with Gasteiger partial charge in [-0.05, 0) is 50.5 Å². The van der Waals surface area contributed by atoms with Crippen LogP contribution in [0.5, 0.6) is 0 Å². The van der Waals surface area contributed by atoms with Crippen molar-refractivity contribution in [2.24, 2.45) is 0 Å². The van der Waals surface area contributed by atoms with Crippen LogP contribution in [0.1, 0.15) is 65.0 Å². The van der Waals surface area contributed by atoms with Gasteiger partial charge in [-0.15, -0.1) is 0 Å². The maximum atomic E-state index is 13.4. The number of carbonyl (C=O) groups excluding carboxylic acids is 1. The molecule has 0 saturated carbocycles. The van der Waals surface area contributed by atoms with Crippen LogP contribution in [0.4, 0.5) is 10.1 Å². The molecule has 3 nitrogen and oxygen atoms in total. The lowest BCUT2D eigenvalue weighted by molar-refractivity contribution is -0.923. The largest absolute Gasteiger partial charge is 0.320 e. The fourth-order valence-corrected chi connectivity index (χ4v) is 3.28. The number of likely N-dealkylation sites (N-methyl/N-ethyl adjacent to an activating group) is 1. The van der Waals surface area contributed by atoms with E-state index in [1.807, 2.05) is 27.7 Å². The van der Waals surface area contributed by atoms with Gasteiger partial charge in [-0.25, -0.2) is 4.39 Å². The van der Waals surface area contributed by atoms with Crippen molar-refractivity contribution in [2.75, 3.05) is 25.5 Å². The average molecular weight is 354 g/mol. The minimum absolute atomic E-state index is 0.0331. The number of aryl methyl sites for hydroxylation is 2. The van der Waals surface area contributed by atoms with Gasteiger partial charge in [-0.3, -0.25) is 4.79 Å². The Morgan fingerprint density at radius 2 is 1.68 bits per heavy atom. The maximum absolute atomic E-state index is 13.4. The maximum Gasteiger partial charge on any atom is 0.282 e. The zero-order valence-electron chi connectivity index (χ0n) is 17.5. The lowest BCUT2D eigenvalue weighted by Gasteiger charge is -2.39. The predicted octanol–water partition coefficient (Wildman–Crippen LogP) is 5.45. The normalized spacial score (nSPS) is 14.1. The molecule has 1 amide bonds. The van der Waals surface area contributed by atoms with Crippen LogP contribution in [0.2, 0.25) is 0 Å². The highest BCUT2D eigenvalue weighted by molar-refractivity contribution is 5.95. The Kier molecular flexibility index (Phi) is 10.6. The molecule has 1 aromatic carbocycles. The Labute approximate surface area is 154 Å². The van der Waals surface area contributed by atoms with Gasteiger partial charge in [-0.2, -0.15) is 0 Å². The number of hydrogen-bond donors (Lipinski definition) is 1. The van der Waals surface area contributed by atoms with Crippen molar-refractivity contribution >= 4 is 11.6 Å². The van der Waals surface area contributed by atoms with Crippen LogP contribution in [0.15, 0.2) is 12.1 Å². The third-order valence-corrected chi connectivity index (χ3v) is 4.93. The molecular weight excluding hydrogens is 315 g/mol. The molecule has 1 N–H and O–H groups in total. The lowest BCUT2D eigenvalue weighted by Crippen LogP contribution is -2.57. The summed E-state index contributed by atoms with van der Waals surface area (Å²) in [5.74, 6) is -0.229. The van der Waals surface area contributed by atoms with Crippen molar-refractivity contribution in [2.45, 2.75) is 73.8 Å². The molecule has 25 heavy (non-hydrogen) atoms. The van der Waals surface area contributed by atoms with Crippen molar-refractivity contribution in [3.63, 3.8) is 0 Å². The number of rotatable bonds is 8. The fourth-order valence-electron chi connectivity index (χ4n) is 3.28. The number of benzene rings is 1. The smallest absolute Gasteiger partial charge is 0.282 e. The molecule has 0 spiro atoms. The van der Waals surface area contributed by atoms with Crippen LogP contribution < -0.4 is 5.32 Å². The first-order valence-electron chi connectivity index (χ1n) is 9.70. The average Bonchev–Trinajstić information content (AvgIpc) is 2.58. The first-order valence-corrected chi connectivity index (χ1v) is 9.70. The number of hydrogen-bond acceptors (Lipinski definition) is 1. The Morgan fingerprint density at radius 3 is 2.08 bits per heavy atom. The Balaban J connectivity index is 0.00000277. The molecule has 0 bridgehead atoms. The van der Waals surface area contributed by atoms with Gasteiger partial charge in [0.1, 0.15) is 5.82 Å².